The zero-order valence-corrected chi connectivity index (χ0v) is 16.2. The maximum Gasteiger partial charge on any atom is 0.338 e. The fourth-order valence-corrected chi connectivity index (χ4v) is 3.84. The van der Waals surface area contributed by atoms with Crippen molar-refractivity contribution in [2.75, 3.05) is 7.11 Å². The van der Waals surface area contributed by atoms with Crippen LogP contribution >= 0.6 is 0 Å². The molecule has 0 saturated heterocycles. The number of methoxy groups -OCH3 is 1. The van der Waals surface area contributed by atoms with Gasteiger partial charge in [0.1, 0.15) is 11.3 Å². The predicted octanol–water partition coefficient (Wildman–Crippen LogP) is 4.46. The Morgan fingerprint density at radius 2 is 2.10 bits per heavy atom. The van der Waals surface area contributed by atoms with E-state index < -0.39 is 11.8 Å². The number of hydrogen-bond acceptors (Lipinski definition) is 4. The Kier molecular flexibility index (Phi) is 3.96. The second-order valence-electron chi connectivity index (χ2n) is 7.67. The smallest absolute Gasteiger partial charge is 0.338 e. The molecule has 2 aromatic heterocycles. The Morgan fingerprint density at radius 3 is 2.79 bits per heavy atom. The summed E-state index contributed by atoms with van der Waals surface area (Å²) in [5.74, 6) is -0.381. The second kappa shape index (κ2) is 6.42. The van der Waals surface area contributed by atoms with Gasteiger partial charge in [0.05, 0.1) is 23.9 Å². The molecule has 5 rings (SSSR count). The van der Waals surface area contributed by atoms with Crippen LogP contribution in [0.15, 0.2) is 36.4 Å². The first-order chi connectivity index (χ1) is 14.0. The molecule has 0 spiro atoms. The molecule has 0 aliphatic heterocycles. The first-order valence-electron chi connectivity index (χ1n) is 9.64. The molecule has 1 aliphatic carbocycles. The lowest BCUT2D eigenvalue weighted by Gasteiger charge is -2.07. The van der Waals surface area contributed by atoms with E-state index in [2.05, 4.69) is 4.98 Å². The first-order valence-corrected chi connectivity index (χ1v) is 9.64. The van der Waals surface area contributed by atoms with Gasteiger partial charge in [-0.3, -0.25) is 0 Å². The highest BCUT2D eigenvalue weighted by Gasteiger charge is 2.31. The number of benzene rings is 2. The van der Waals surface area contributed by atoms with Crippen LogP contribution in [0.1, 0.15) is 47.8 Å². The highest BCUT2D eigenvalue weighted by atomic mass is 19.1. The van der Waals surface area contributed by atoms with Gasteiger partial charge in [0.2, 0.25) is 0 Å². The van der Waals surface area contributed by atoms with Gasteiger partial charge in [-0.05, 0) is 49.6 Å². The Morgan fingerprint density at radius 1 is 1.31 bits per heavy atom. The summed E-state index contributed by atoms with van der Waals surface area (Å²) in [5, 5.41) is 1.04. The molecule has 2 aromatic carbocycles. The molecule has 3 N–H and O–H groups in total. The van der Waals surface area contributed by atoms with Gasteiger partial charge >= 0.3 is 5.97 Å². The van der Waals surface area contributed by atoms with Crippen LogP contribution in [0.4, 0.5) is 4.39 Å². The lowest BCUT2D eigenvalue weighted by atomic mass is 10.1. The van der Waals surface area contributed by atoms with E-state index in [1.165, 1.54) is 13.2 Å². The average molecular weight is 392 g/mol. The fourth-order valence-electron chi connectivity index (χ4n) is 3.84. The highest BCUT2D eigenvalue weighted by Crippen LogP contribution is 2.42. The third kappa shape index (κ3) is 2.89. The summed E-state index contributed by atoms with van der Waals surface area (Å²) in [5.41, 5.74) is 9.83. The van der Waals surface area contributed by atoms with Crippen molar-refractivity contribution in [1.29, 1.82) is 0 Å². The molecule has 0 unspecified atom stereocenters. The summed E-state index contributed by atoms with van der Waals surface area (Å²) in [6, 6.07) is 11.0. The first kappa shape index (κ1) is 17.9. The van der Waals surface area contributed by atoms with Crippen molar-refractivity contribution < 1.29 is 13.9 Å². The molecule has 1 fully saturated rings. The molecule has 1 saturated carbocycles. The number of ether oxygens (including phenoxy) is 1. The van der Waals surface area contributed by atoms with E-state index in [1.807, 2.05) is 35.8 Å². The lowest BCUT2D eigenvalue weighted by Crippen LogP contribution is -2.04. The summed E-state index contributed by atoms with van der Waals surface area (Å²) in [4.78, 5) is 20.0. The van der Waals surface area contributed by atoms with Gasteiger partial charge < -0.3 is 20.0 Å². The van der Waals surface area contributed by atoms with Crippen LogP contribution in [0, 0.1) is 5.82 Å². The van der Waals surface area contributed by atoms with Gasteiger partial charge in [-0.1, -0.05) is 12.1 Å². The normalized spacial score (nSPS) is 15.2. The third-order valence-electron chi connectivity index (χ3n) is 5.49. The average Bonchev–Trinajstić information content (AvgIpc) is 3.33. The molecule has 1 atom stereocenters. The van der Waals surface area contributed by atoms with E-state index in [-0.39, 0.29) is 17.6 Å². The summed E-state index contributed by atoms with van der Waals surface area (Å²) >= 11 is 0. The SMILES string of the molecule is COC(=O)c1cc(F)c2c(c1)nc(-c1cc3ccc([C@@H](C)N)cc3[nH]1)n2C1CC1. The minimum atomic E-state index is -0.581. The van der Waals surface area contributed by atoms with Gasteiger partial charge in [-0.15, -0.1) is 0 Å². The van der Waals surface area contributed by atoms with Gasteiger partial charge in [-0.25, -0.2) is 14.2 Å². The van der Waals surface area contributed by atoms with E-state index in [4.69, 9.17) is 15.5 Å². The Bertz CT molecular complexity index is 1270. The van der Waals surface area contributed by atoms with Crippen LogP contribution in [0.5, 0.6) is 0 Å². The van der Waals surface area contributed by atoms with Crippen LogP contribution < -0.4 is 5.73 Å². The standard InChI is InChI=1S/C22H21FN4O2/c1-11(24)12-3-4-13-9-19(25-17(13)8-12)21-26-18-10-14(22(28)29-2)7-16(23)20(18)27(21)15-5-6-15/h3-4,7-11,15,25H,5-6,24H2,1-2H3/t11-/m1/s1. The third-order valence-corrected chi connectivity index (χ3v) is 5.49. The maximum atomic E-state index is 15.0. The Labute approximate surface area is 166 Å². The predicted molar refractivity (Wildman–Crippen MR) is 109 cm³/mol. The molecule has 0 radical (unpaired) electrons. The van der Waals surface area contributed by atoms with E-state index >= 15 is 0 Å². The number of aromatic amines is 1. The quantitative estimate of drug-likeness (QED) is 0.502. The molecule has 4 aromatic rings. The van der Waals surface area contributed by atoms with Crippen molar-refractivity contribution in [3.8, 4) is 11.5 Å². The van der Waals surface area contributed by atoms with E-state index in [9.17, 15) is 9.18 Å². The number of esters is 1. The number of H-pyrrole nitrogens is 1. The lowest BCUT2D eigenvalue weighted by molar-refractivity contribution is 0.0600. The van der Waals surface area contributed by atoms with Crippen LogP contribution in [-0.2, 0) is 4.74 Å². The number of halogens is 1. The minimum Gasteiger partial charge on any atom is -0.465 e. The fraction of sp³-hybridized carbons (Fsp3) is 0.273. The molecule has 0 amide bonds. The number of carbonyl (C=O) groups is 1. The molecular formula is C22H21FN4O2. The molecule has 0 bridgehead atoms. The summed E-state index contributed by atoms with van der Waals surface area (Å²) in [6.07, 6.45) is 1.96. The highest BCUT2D eigenvalue weighted by molar-refractivity contribution is 5.95. The maximum absolute atomic E-state index is 15.0. The summed E-state index contributed by atoms with van der Waals surface area (Å²) < 4.78 is 21.7. The number of nitrogens with zero attached hydrogens (tertiary/aromatic N) is 2. The number of hydrogen-bond donors (Lipinski definition) is 2. The summed E-state index contributed by atoms with van der Waals surface area (Å²) in [6.45, 7) is 1.94. The van der Waals surface area contributed by atoms with E-state index in [0.29, 0.717) is 16.9 Å². The number of fused-ring (bicyclic) bond motifs is 2. The zero-order valence-electron chi connectivity index (χ0n) is 16.2. The van der Waals surface area contributed by atoms with Crippen molar-refractivity contribution in [3.63, 3.8) is 0 Å². The Hall–Kier alpha value is -3.19. The molecule has 7 heteroatoms. The molecular weight excluding hydrogens is 371 g/mol. The number of rotatable bonds is 4. The molecule has 148 valence electrons. The molecule has 6 nitrogen and oxygen atoms in total. The van der Waals surface area contributed by atoms with Crippen LogP contribution in [0.3, 0.4) is 0 Å². The molecule has 2 heterocycles. The number of aromatic nitrogens is 3. The van der Waals surface area contributed by atoms with Gasteiger partial charge in [-0.2, -0.15) is 0 Å². The topological polar surface area (TPSA) is 85.9 Å². The summed E-state index contributed by atoms with van der Waals surface area (Å²) in [7, 11) is 1.28. The largest absolute Gasteiger partial charge is 0.465 e. The van der Waals surface area contributed by atoms with E-state index in [1.54, 1.807) is 6.07 Å². The number of imidazole rings is 1. The van der Waals surface area contributed by atoms with Crippen molar-refractivity contribution in [3.05, 3.63) is 53.3 Å². The van der Waals surface area contributed by atoms with Gasteiger partial charge in [0.25, 0.3) is 0 Å². The zero-order chi connectivity index (χ0) is 20.3. The Balaban J connectivity index is 1.72. The van der Waals surface area contributed by atoms with Gasteiger partial charge in [0.15, 0.2) is 5.82 Å². The monoisotopic (exact) mass is 392 g/mol. The van der Waals surface area contributed by atoms with Crippen molar-refractivity contribution in [2.45, 2.75) is 31.8 Å². The number of nitrogens with one attached hydrogen (secondary N) is 1. The number of nitrogens with two attached hydrogens (primary N) is 1. The van der Waals surface area contributed by atoms with Crippen molar-refractivity contribution >= 4 is 27.9 Å². The second-order valence-corrected chi connectivity index (χ2v) is 7.67. The van der Waals surface area contributed by atoms with Crippen LogP contribution in [0.25, 0.3) is 33.5 Å². The van der Waals surface area contributed by atoms with Crippen LogP contribution in [0.2, 0.25) is 0 Å². The minimum absolute atomic E-state index is 0.0620. The van der Waals surface area contributed by atoms with Crippen molar-refractivity contribution in [1.82, 2.24) is 14.5 Å². The van der Waals surface area contributed by atoms with Crippen LogP contribution in [-0.4, -0.2) is 27.6 Å². The van der Waals surface area contributed by atoms with Gasteiger partial charge in [0, 0.05) is 23.0 Å². The number of carbonyl (C=O) groups excluding carboxylic acids is 1. The molecule has 1 aliphatic rings. The van der Waals surface area contributed by atoms with E-state index in [0.717, 1.165) is 35.0 Å². The van der Waals surface area contributed by atoms with Crippen molar-refractivity contribution in [2.24, 2.45) is 5.73 Å². The molecule has 29 heavy (non-hydrogen) atoms.